The molecule has 1 aromatic carbocycles. The molecule has 2 rings (SSSR count). The molecule has 19 heavy (non-hydrogen) atoms. The zero-order valence-electron chi connectivity index (χ0n) is 11.9. The molecule has 0 saturated carbocycles. The van der Waals surface area contributed by atoms with Gasteiger partial charge in [0.05, 0.1) is 19.6 Å². The fourth-order valence-corrected chi connectivity index (χ4v) is 3.55. The van der Waals surface area contributed by atoms with Gasteiger partial charge < -0.3 is 26.2 Å². The Bertz CT molecular complexity index is 458. The normalized spacial score (nSPS) is 20.1. The van der Waals surface area contributed by atoms with Crippen LogP contribution < -0.4 is 13.9 Å². The van der Waals surface area contributed by atoms with Crippen LogP contribution in [0.1, 0.15) is 26.3 Å². The van der Waals surface area contributed by atoms with Crippen molar-refractivity contribution >= 4 is 29.7 Å². The molecular formula is C13H22NO2PS2. The molecule has 1 aliphatic heterocycles. The second kappa shape index (κ2) is 7.53. The summed E-state index contributed by atoms with van der Waals surface area (Å²) < 4.78 is 10.6. The molecule has 1 aliphatic rings. The highest BCUT2D eigenvalue weighted by Gasteiger charge is 2.19. The molecule has 0 saturated heterocycles. The lowest BCUT2D eigenvalue weighted by molar-refractivity contribution is -0.894. The monoisotopic (exact) mass is 319 g/mol. The lowest BCUT2D eigenvalue weighted by Gasteiger charge is -2.18. The van der Waals surface area contributed by atoms with E-state index in [0.29, 0.717) is 11.5 Å². The highest BCUT2D eigenvalue weighted by molar-refractivity contribution is 8.51. The minimum Gasteiger partial charge on any atom is -0.665 e. The summed E-state index contributed by atoms with van der Waals surface area (Å²) >= 11 is 9.88. The Morgan fingerprint density at radius 3 is 2.11 bits per heavy atom. The van der Waals surface area contributed by atoms with Gasteiger partial charge in [0.25, 0.3) is 0 Å². The molecule has 0 fully saturated rings. The van der Waals surface area contributed by atoms with Crippen LogP contribution in [0.3, 0.4) is 0 Å². The van der Waals surface area contributed by atoms with E-state index in [2.05, 4.69) is 20.8 Å². The van der Waals surface area contributed by atoms with Gasteiger partial charge in [-0.25, -0.2) is 0 Å². The number of nitrogens with one attached hydrogen (secondary N) is 1. The van der Waals surface area contributed by atoms with Crippen LogP contribution in [-0.2, 0) is 24.1 Å². The molecule has 1 heterocycles. The van der Waals surface area contributed by atoms with Gasteiger partial charge in [-0.2, -0.15) is 0 Å². The quantitative estimate of drug-likeness (QED) is 0.683. The first-order chi connectivity index (χ1) is 8.91. The highest BCUT2D eigenvalue weighted by atomic mass is 32.9. The van der Waals surface area contributed by atoms with Gasteiger partial charge >= 0.3 is 0 Å². The SMILES string of the molecule is CC[NH+](CC)CC.Cc1ccc2c(c1)OP(=S)([S-])O2. The minimum absolute atomic E-state index is 0.680. The number of quaternary nitrogens is 1. The summed E-state index contributed by atoms with van der Waals surface area (Å²) in [6.45, 7) is 12.5. The predicted octanol–water partition coefficient (Wildman–Crippen LogP) is 2.47. The van der Waals surface area contributed by atoms with Crippen molar-refractivity contribution in [2.45, 2.75) is 27.7 Å². The zero-order chi connectivity index (χ0) is 14.5. The van der Waals surface area contributed by atoms with E-state index in [1.54, 1.807) is 4.90 Å². The van der Waals surface area contributed by atoms with E-state index in [1.807, 2.05) is 25.1 Å². The summed E-state index contributed by atoms with van der Waals surface area (Å²) in [6.07, 6.45) is 0. The number of benzene rings is 1. The van der Waals surface area contributed by atoms with Crippen molar-refractivity contribution in [3.63, 3.8) is 0 Å². The van der Waals surface area contributed by atoms with Crippen LogP contribution in [-0.4, -0.2) is 19.6 Å². The molecular weight excluding hydrogens is 297 g/mol. The van der Waals surface area contributed by atoms with Crippen molar-refractivity contribution < 1.29 is 13.9 Å². The van der Waals surface area contributed by atoms with E-state index in [9.17, 15) is 0 Å². The van der Waals surface area contributed by atoms with Crippen LogP contribution in [0.25, 0.3) is 0 Å². The van der Waals surface area contributed by atoms with Crippen molar-refractivity contribution in [1.82, 2.24) is 0 Å². The van der Waals surface area contributed by atoms with E-state index >= 15 is 0 Å². The van der Waals surface area contributed by atoms with Gasteiger partial charge in [0, 0.05) is 0 Å². The van der Waals surface area contributed by atoms with E-state index in [0.717, 1.165) is 5.56 Å². The Morgan fingerprint density at radius 2 is 1.63 bits per heavy atom. The Labute approximate surface area is 126 Å². The first-order valence-corrected chi connectivity index (χ1v) is 10.2. The van der Waals surface area contributed by atoms with Gasteiger partial charge in [0.15, 0.2) is 17.2 Å². The molecule has 1 atom stereocenters. The van der Waals surface area contributed by atoms with Gasteiger partial charge in [-0.05, 0) is 57.2 Å². The second-order valence-corrected chi connectivity index (χ2v) is 9.23. The number of fused-ring (bicyclic) bond motifs is 1. The molecule has 1 unspecified atom stereocenters. The van der Waals surface area contributed by atoms with Gasteiger partial charge in [-0.1, -0.05) is 6.07 Å². The zero-order valence-corrected chi connectivity index (χ0v) is 14.5. The van der Waals surface area contributed by atoms with Crippen LogP contribution in [0.2, 0.25) is 0 Å². The maximum Gasteiger partial charge on any atom is 0.168 e. The van der Waals surface area contributed by atoms with E-state index < -0.39 is 5.69 Å². The molecule has 1 N–H and O–H groups in total. The second-order valence-electron chi connectivity index (χ2n) is 4.39. The van der Waals surface area contributed by atoms with E-state index in [-0.39, 0.29) is 0 Å². The number of aryl methyl sites for hydroxylation is 1. The largest absolute Gasteiger partial charge is 0.665 e. The molecule has 0 bridgehead atoms. The molecule has 6 heteroatoms. The van der Waals surface area contributed by atoms with Gasteiger partial charge in [-0.15, -0.1) is 0 Å². The maximum absolute atomic E-state index is 5.29. The topological polar surface area (TPSA) is 22.9 Å². The van der Waals surface area contributed by atoms with Gasteiger partial charge in [-0.3, -0.25) is 0 Å². The van der Waals surface area contributed by atoms with Crippen LogP contribution in [0, 0.1) is 6.92 Å². The first-order valence-electron chi connectivity index (χ1n) is 6.56. The van der Waals surface area contributed by atoms with Crippen LogP contribution >= 0.6 is 5.69 Å². The van der Waals surface area contributed by atoms with Crippen molar-refractivity contribution in [1.29, 1.82) is 0 Å². The Kier molecular flexibility index (Phi) is 6.67. The predicted molar refractivity (Wildman–Crippen MR) is 86.7 cm³/mol. The first kappa shape index (κ1) is 16.8. The molecule has 0 radical (unpaired) electrons. The lowest BCUT2D eigenvalue weighted by Crippen LogP contribution is -3.11. The molecule has 0 aromatic heterocycles. The third-order valence-corrected chi connectivity index (χ3v) is 4.75. The molecule has 0 spiro atoms. The summed E-state index contributed by atoms with van der Waals surface area (Å²) in [5, 5.41) is 0. The van der Waals surface area contributed by atoms with Crippen molar-refractivity contribution in [2.24, 2.45) is 0 Å². The third-order valence-electron chi connectivity index (χ3n) is 3.02. The number of hydrogen-bond donors (Lipinski definition) is 1. The van der Waals surface area contributed by atoms with Gasteiger partial charge in [0.2, 0.25) is 0 Å². The summed E-state index contributed by atoms with van der Waals surface area (Å²) in [5.41, 5.74) is -1.31. The fourth-order valence-electron chi connectivity index (χ4n) is 1.77. The Morgan fingerprint density at radius 1 is 1.11 bits per heavy atom. The molecule has 3 nitrogen and oxygen atoms in total. The summed E-state index contributed by atoms with van der Waals surface area (Å²) in [4.78, 5) is 1.68. The molecule has 1 aromatic rings. The summed E-state index contributed by atoms with van der Waals surface area (Å²) in [5.74, 6) is 1.37. The fraction of sp³-hybridized carbons (Fsp3) is 0.538. The lowest BCUT2D eigenvalue weighted by atomic mass is 10.2. The van der Waals surface area contributed by atoms with E-state index in [1.165, 1.54) is 19.6 Å². The van der Waals surface area contributed by atoms with Crippen LogP contribution in [0.15, 0.2) is 18.2 Å². The maximum atomic E-state index is 5.29. The molecule has 0 amide bonds. The smallest absolute Gasteiger partial charge is 0.168 e. The van der Waals surface area contributed by atoms with E-state index in [4.69, 9.17) is 33.1 Å². The summed E-state index contributed by atoms with van der Waals surface area (Å²) in [6, 6.07) is 5.67. The Hall–Kier alpha value is -0.220. The van der Waals surface area contributed by atoms with Crippen LogP contribution in [0.4, 0.5) is 0 Å². The van der Waals surface area contributed by atoms with Crippen molar-refractivity contribution in [2.75, 3.05) is 19.6 Å². The van der Waals surface area contributed by atoms with Crippen molar-refractivity contribution in [3.05, 3.63) is 23.8 Å². The summed E-state index contributed by atoms with van der Waals surface area (Å²) in [7, 11) is 0. The number of hydrogen-bond acceptors (Lipinski definition) is 4. The number of rotatable bonds is 3. The molecule has 0 aliphatic carbocycles. The minimum atomic E-state index is -2.43. The van der Waals surface area contributed by atoms with Crippen LogP contribution in [0.5, 0.6) is 11.5 Å². The molecule has 108 valence electrons. The third kappa shape index (κ3) is 5.35. The Balaban J connectivity index is 0.000000224. The average Bonchev–Trinajstić information content (AvgIpc) is 2.65. The standard InChI is InChI=1S/C7H7O2PS2.C6H15N/c1-5-2-3-6-7(4-5)9-10(11,12)8-6;1-4-7(5-2)6-3/h2-4H,1H3,(H,11,12);4-6H2,1-3H3. The van der Waals surface area contributed by atoms with Gasteiger partial charge in [0.1, 0.15) is 0 Å². The van der Waals surface area contributed by atoms with Crippen molar-refractivity contribution in [3.8, 4) is 11.5 Å². The highest BCUT2D eigenvalue weighted by Crippen LogP contribution is 2.56. The average molecular weight is 319 g/mol.